The number of amides is 1. The van der Waals surface area contributed by atoms with Gasteiger partial charge in [0, 0.05) is 0 Å². The van der Waals surface area contributed by atoms with Crippen LogP contribution in [0.4, 0.5) is 0 Å². The summed E-state index contributed by atoms with van der Waals surface area (Å²) in [5.41, 5.74) is 0. The molecule has 1 amide bonds. The van der Waals surface area contributed by atoms with Crippen molar-refractivity contribution in [2.24, 2.45) is 5.92 Å². The molecule has 1 rings (SSSR count). The predicted octanol–water partition coefficient (Wildman–Crippen LogP) is 0.783. The molecule has 92 valence electrons. The topological polar surface area (TPSA) is 72.5 Å². The highest BCUT2D eigenvalue weighted by atomic mass is 32.2. The van der Waals surface area contributed by atoms with Crippen LogP contribution < -0.4 is 5.32 Å². The molecule has 0 unspecified atom stereocenters. The molecule has 5 nitrogen and oxygen atoms in total. The minimum absolute atomic E-state index is 0.0525. The largest absolute Gasteiger partial charge is 0.328 e. The van der Waals surface area contributed by atoms with Crippen LogP contribution in [0.15, 0.2) is 12.7 Å². The van der Waals surface area contributed by atoms with Gasteiger partial charge in [-0.05, 0) is 24.8 Å². The van der Waals surface area contributed by atoms with Crippen LogP contribution >= 0.6 is 0 Å². The Morgan fingerprint density at radius 1 is 1.44 bits per heavy atom. The average Bonchev–Trinajstić information content (AvgIpc) is 2.69. The van der Waals surface area contributed by atoms with E-state index in [-0.39, 0.29) is 18.4 Å². The van der Waals surface area contributed by atoms with Gasteiger partial charge >= 0.3 is 0 Å². The molecule has 1 aliphatic rings. The van der Waals surface area contributed by atoms with Crippen LogP contribution in [-0.4, -0.2) is 26.8 Å². The van der Waals surface area contributed by atoms with Gasteiger partial charge in [0.1, 0.15) is 6.73 Å². The molecule has 0 aliphatic heterocycles. The van der Waals surface area contributed by atoms with Gasteiger partial charge in [0.05, 0.1) is 5.75 Å². The molecular weight excluding hydrogens is 230 g/mol. The maximum absolute atomic E-state index is 11.5. The summed E-state index contributed by atoms with van der Waals surface area (Å²) in [6.07, 6.45) is 5.14. The van der Waals surface area contributed by atoms with Crippen molar-refractivity contribution in [3.8, 4) is 0 Å². The van der Waals surface area contributed by atoms with Gasteiger partial charge in [-0.3, -0.25) is 4.79 Å². The van der Waals surface area contributed by atoms with Crippen molar-refractivity contribution in [2.75, 3.05) is 12.5 Å². The van der Waals surface area contributed by atoms with Crippen molar-refractivity contribution in [1.29, 1.82) is 0 Å². The van der Waals surface area contributed by atoms with Crippen molar-refractivity contribution in [2.45, 2.75) is 25.7 Å². The Bertz CT molecular complexity index is 344. The normalized spacial score (nSPS) is 17.2. The van der Waals surface area contributed by atoms with Gasteiger partial charge in [-0.25, -0.2) is 4.18 Å². The molecular formula is C10H17NO4S. The van der Waals surface area contributed by atoms with Gasteiger partial charge in [-0.1, -0.05) is 19.4 Å². The molecule has 0 saturated heterocycles. The minimum Gasteiger partial charge on any atom is -0.328 e. The molecule has 0 spiro atoms. The van der Waals surface area contributed by atoms with Crippen LogP contribution in [0, 0.1) is 5.92 Å². The Morgan fingerprint density at radius 2 is 2.06 bits per heavy atom. The van der Waals surface area contributed by atoms with Crippen molar-refractivity contribution >= 4 is 16.0 Å². The number of carbonyl (C=O) groups excluding carboxylic acids is 1. The number of nitrogens with one attached hydrogen (secondary N) is 1. The quantitative estimate of drug-likeness (QED) is 0.428. The van der Waals surface area contributed by atoms with Crippen molar-refractivity contribution in [3.63, 3.8) is 0 Å². The van der Waals surface area contributed by atoms with E-state index < -0.39 is 16.0 Å². The zero-order valence-electron chi connectivity index (χ0n) is 9.15. The molecule has 1 fully saturated rings. The smallest absolute Gasteiger partial charge is 0.269 e. The lowest BCUT2D eigenvalue weighted by Gasteiger charge is -2.10. The molecule has 0 heterocycles. The molecule has 0 aromatic carbocycles. The SMILES string of the molecule is C=CC(=O)NCOS(=O)(=O)CC1CCCC1. The first-order valence-corrected chi connectivity index (χ1v) is 6.88. The Kier molecular flexibility index (Phi) is 4.95. The fraction of sp³-hybridized carbons (Fsp3) is 0.700. The molecule has 0 atom stereocenters. The monoisotopic (exact) mass is 247 g/mol. The summed E-state index contributed by atoms with van der Waals surface area (Å²) in [5, 5.41) is 2.25. The van der Waals surface area contributed by atoms with Crippen LogP contribution in [0.5, 0.6) is 0 Å². The summed E-state index contributed by atoms with van der Waals surface area (Å²) >= 11 is 0. The van der Waals surface area contributed by atoms with Gasteiger partial charge in [-0.15, -0.1) is 0 Å². The van der Waals surface area contributed by atoms with Gasteiger partial charge in [0.15, 0.2) is 0 Å². The van der Waals surface area contributed by atoms with Crippen molar-refractivity contribution in [1.82, 2.24) is 5.32 Å². The van der Waals surface area contributed by atoms with Gasteiger partial charge in [-0.2, -0.15) is 8.42 Å². The molecule has 1 aliphatic carbocycles. The van der Waals surface area contributed by atoms with Gasteiger partial charge in [0.25, 0.3) is 10.1 Å². The number of hydrogen-bond donors (Lipinski definition) is 1. The van der Waals surface area contributed by atoms with Crippen LogP contribution in [0.3, 0.4) is 0 Å². The van der Waals surface area contributed by atoms with E-state index in [1.165, 1.54) is 0 Å². The van der Waals surface area contributed by atoms with Crippen LogP contribution in [0.2, 0.25) is 0 Å². The predicted molar refractivity (Wildman–Crippen MR) is 60.0 cm³/mol. The van der Waals surface area contributed by atoms with E-state index in [0.29, 0.717) is 0 Å². The third kappa shape index (κ3) is 4.76. The number of hydrogen-bond acceptors (Lipinski definition) is 4. The molecule has 1 N–H and O–H groups in total. The summed E-state index contributed by atoms with van der Waals surface area (Å²) in [6, 6.07) is 0. The molecule has 1 saturated carbocycles. The molecule has 16 heavy (non-hydrogen) atoms. The first-order chi connectivity index (χ1) is 7.53. The summed E-state index contributed by atoms with van der Waals surface area (Å²) in [7, 11) is -3.52. The van der Waals surface area contributed by atoms with E-state index in [1.54, 1.807) is 0 Å². The van der Waals surface area contributed by atoms with Crippen LogP contribution in [0.1, 0.15) is 25.7 Å². The lowest BCUT2D eigenvalue weighted by molar-refractivity contribution is -0.117. The van der Waals surface area contributed by atoms with Gasteiger partial charge < -0.3 is 5.32 Å². The van der Waals surface area contributed by atoms with E-state index in [0.717, 1.165) is 31.8 Å². The van der Waals surface area contributed by atoms with Gasteiger partial charge in [0.2, 0.25) is 5.91 Å². The number of carbonyl (C=O) groups is 1. The Hall–Kier alpha value is -0.880. The molecule has 6 heteroatoms. The maximum Gasteiger partial charge on any atom is 0.269 e. The van der Waals surface area contributed by atoms with E-state index >= 15 is 0 Å². The summed E-state index contributed by atoms with van der Waals surface area (Å²) < 4.78 is 27.6. The standard InChI is InChI=1S/C10H17NO4S/c1-2-10(12)11-8-15-16(13,14)7-9-5-3-4-6-9/h2,9H,1,3-8H2,(H,11,12). The Labute approximate surface area is 96.0 Å². The Morgan fingerprint density at radius 3 is 2.62 bits per heavy atom. The lowest BCUT2D eigenvalue weighted by Crippen LogP contribution is -2.27. The summed E-state index contributed by atoms with van der Waals surface area (Å²) in [6.45, 7) is 2.92. The second kappa shape index (κ2) is 6.00. The zero-order valence-corrected chi connectivity index (χ0v) is 9.96. The second-order valence-corrected chi connectivity index (χ2v) is 5.57. The minimum atomic E-state index is -3.52. The summed E-state index contributed by atoms with van der Waals surface area (Å²) in [5.74, 6) is -0.187. The fourth-order valence-electron chi connectivity index (χ4n) is 1.78. The zero-order chi connectivity index (χ0) is 12.0. The maximum atomic E-state index is 11.5. The van der Waals surface area contributed by atoms with E-state index in [9.17, 15) is 13.2 Å². The van der Waals surface area contributed by atoms with Crippen molar-refractivity contribution in [3.05, 3.63) is 12.7 Å². The summed E-state index contributed by atoms with van der Waals surface area (Å²) in [4.78, 5) is 10.7. The fourth-order valence-corrected chi connectivity index (χ4v) is 3.02. The van der Waals surface area contributed by atoms with Crippen LogP contribution in [0.25, 0.3) is 0 Å². The first kappa shape index (κ1) is 13.2. The highest BCUT2D eigenvalue weighted by Crippen LogP contribution is 2.26. The molecule has 0 aromatic heterocycles. The van der Waals surface area contributed by atoms with E-state index in [2.05, 4.69) is 16.1 Å². The van der Waals surface area contributed by atoms with Crippen LogP contribution in [-0.2, 0) is 19.1 Å². The highest BCUT2D eigenvalue weighted by Gasteiger charge is 2.23. The lowest BCUT2D eigenvalue weighted by atomic mass is 10.1. The highest BCUT2D eigenvalue weighted by molar-refractivity contribution is 7.86. The van der Waals surface area contributed by atoms with Crippen molar-refractivity contribution < 1.29 is 17.4 Å². The number of rotatable bonds is 6. The molecule has 0 radical (unpaired) electrons. The third-order valence-corrected chi connectivity index (χ3v) is 3.94. The second-order valence-electron chi connectivity index (χ2n) is 3.88. The first-order valence-electron chi connectivity index (χ1n) is 5.31. The third-order valence-electron chi connectivity index (χ3n) is 2.58. The van der Waals surface area contributed by atoms with E-state index in [4.69, 9.17) is 0 Å². The Balaban J connectivity index is 2.28. The average molecular weight is 247 g/mol. The van der Waals surface area contributed by atoms with E-state index in [1.807, 2.05) is 0 Å². The molecule has 0 aromatic rings. The molecule has 0 bridgehead atoms.